The number of rotatable bonds is 5. The van der Waals surface area contributed by atoms with Gasteiger partial charge in [0.15, 0.2) is 0 Å². The van der Waals surface area contributed by atoms with Gasteiger partial charge in [0.05, 0.1) is 0 Å². The maximum absolute atomic E-state index is 12.0. The molecule has 120 valence electrons. The van der Waals surface area contributed by atoms with E-state index in [4.69, 9.17) is 11.0 Å². The lowest BCUT2D eigenvalue weighted by molar-refractivity contribution is -0.117. The molecule has 24 heavy (non-hydrogen) atoms. The molecule has 0 saturated carbocycles. The Bertz CT molecular complexity index is 815. The molecule has 0 unspecified atom stereocenters. The van der Waals surface area contributed by atoms with Crippen molar-refractivity contribution in [3.63, 3.8) is 0 Å². The molecule has 0 aliphatic rings. The Labute approximate surface area is 141 Å². The second-order valence-electron chi connectivity index (χ2n) is 5.34. The number of nitrogens with one attached hydrogen (secondary N) is 1. The molecule has 2 aromatic rings. The van der Waals surface area contributed by atoms with Crippen molar-refractivity contribution in [3.8, 4) is 6.07 Å². The SMILES string of the molecule is Cc1cc(/C=C/C=C(\C#N)C(=O)NCc2ccccc2)ccc1N. The standard InChI is InChI=1S/C20H19N3O/c1-15-12-16(10-11-19(15)22)8-5-9-18(13-21)20(24)23-14-17-6-3-2-4-7-17/h2-12H,14,22H2,1H3,(H,23,24)/b8-5+,18-9+. The number of nitriles is 1. The van der Waals surface area contributed by atoms with Crippen LogP contribution in [0.15, 0.2) is 66.3 Å². The number of nitrogens with zero attached hydrogens (tertiary/aromatic N) is 1. The molecule has 0 saturated heterocycles. The van der Waals surface area contributed by atoms with Gasteiger partial charge < -0.3 is 11.1 Å². The molecule has 0 atom stereocenters. The Hall–Kier alpha value is -3.32. The molecule has 1 amide bonds. The molecule has 2 aromatic carbocycles. The number of benzene rings is 2. The molecule has 0 aliphatic carbocycles. The fourth-order valence-electron chi connectivity index (χ4n) is 2.10. The number of carbonyl (C=O) groups excluding carboxylic acids is 1. The Morgan fingerprint density at radius 3 is 2.67 bits per heavy atom. The summed E-state index contributed by atoms with van der Waals surface area (Å²) < 4.78 is 0. The number of amides is 1. The quantitative estimate of drug-likeness (QED) is 0.384. The molecule has 0 fully saturated rings. The molecule has 3 N–H and O–H groups in total. The molecule has 0 heterocycles. The summed E-state index contributed by atoms with van der Waals surface area (Å²) in [5.41, 5.74) is 9.51. The topological polar surface area (TPSA) is 78.9 Å². The van der Waals surface area contributed by atoms with Crippen LogP contribution < -0.4 is 11.1 Å². The fraction of sp³-hybridized carbons (Fsp3) is 0.100. The summed E-state index contributed by atoms with van der Waals surface area (Å²) >= 11 is 0. The maximum Gasteiger partial charge on any atom is 0.262 e. The summed E-state index contributed by atoms with van der Waals surface area (Å²) in [5, 5.41) is 11.9. The van der Waals surface area contributed by atoms with Crippen molar-refractivity contribution in [2.24, 2.45) is 0 Å². The summed E-state index contributed by atoms with van der Waals surface area (Å²) in [6.07, 6.45) is 5.02. The van der Waals surface area contributed by atoms with Crippen molar-refractivity contribution in [1.29, 1.82) is 5.26 Å². The molecule has 0 aromatic heterocycles. The highest BCUT2D eigenvalue weighted by Crippen LogP contribution is 2.13. The highest BCUT2D eigenvalue weighted by Gasteiger charge is 2.06. The van der Waals surface area contributed by atoms with Crippen molar-refractivity contribution >= 4 is 17.7 Å². The van der Waals surface area contributed by atoms with Crippen LogP contribution in [0.4, 0.5) is 5.69 Å². The van der Waals surface area contributed by atoms with Gasteiger partial charge >= 0.3 is 0 Å². The molecule has 0 spiro atoms. The predicted octanol–water partition coefficient (Wildman–Crippen LogP) is 3.36. The van der Waals surface area contributed by atoms with Gasteiger partial charge in [-0.25, -0.2) is 0 Å². The smallest absolute Gasteiger partial charge is 0.262 e. The number of anilines is 1. The van der Waals surface area contributed by atoms with Gasteiger partial charge in [0.1, 0.15) is 11.6 Å². The minimum Gasteiger partial charge on any atom is -0.399 e. The van der Waals surface area contributed by atoms with Crippen molar-refractivity contribution in [2.75, 3.05) is 5.73 Å². The molecule has 4 nitrogen and oxygen atoms in total. The number of carbonyl (C=O) groups is 1. The van der Waals surface area contributed by atoms with E-state index < -0.39 is 0 Å². The van der Waals surface area contributed by atoms with Crippen LogP contribution in [0.5, 0.6) is 0 Å². The molecule has 4 heteroatoms. The van der Waals surface area contributed by atoms with E-state index in [9.17, 15) is 4.79 Å². The van der Waals surface area contributed by atoms with E-state index in [0.717, 1.165) is 22.4 Å². The lowest BCUT2D eigenvalue weighted by atomic mass is 10.1. The van der Waals surface area contributed by atoms with Crippen LogP contribution >= 0.6 is 0 Å². The largest absolute Gasteiger partial charge is 0.399 e. The third-order valence-electron chi connectivity index (χ3n) is 3.51. The zero-order chi connectivity index (χ0) is 17.4. The highest BCUT2D eigenvalue weighted by atomic mass is 16.1. The average molecular weight is 317 g/mol. The van der Waals surface area contributed by atoms with Gasteiger partial charge in [-0.1, -0.05) is 48.6 Å². The van der Waals surface area contributed by atoms with E-state index in [1.165, 1.54) is 6.08 Å². The van der Waals surface area contributed by atoms with Gasteiger partial charge in [0.25, 0.3) is 5.91 Å². The number of allylic oxidation sites excluding steroid dienone is 2. The first-order valence-electron chi connectivity index (χ1n) is 7.57. The van der Waals surface area contributed by atoms with E-state index in [1.54, 1.807) is 6.08 Å². The fourth-order valence-corrected chi connectivity index (χ4v) is 2.10. The van der Waals surface area contributed by atoms with Crippen LogP contribution in [0.2, 0.25) is 0 Å². The van der Waals surface area contributed by atoms with Crippen molar-refractivity contribution in [1.82, 2.24) is 5.32 Å². The average Bonchev–Trinajstić information content (AvgIpc) is 2.60. The van der Waals surface area contributed by atoms with Gasteiger partial charge in [-0.3, -0.25) is 4.79 Å². The van der Waals surface area contributed by atoms with E-state index in [2.05, 4.69) is 5.32 Å². The third kappa shape index (κ3) is 4.85. The summed E-state index contributed by atoms with van der Waals surface area (Å²) in [4.78, 5) is 12.0. The number of aryl methyl sites for hydroxylation is 1. The lowest BCUT2D eigenvalue weighted by Crippen LogP contribution is -2.23. The van der Waals surface area contributed by atoms with Crippen LogP contribution in [0, 0.1) is 18.3 Å². The Kier molecular flexibility index (Phi) is 5.93. The molecule has 0 aliphatic heterocycles. The van der Waals surface area contributed by atoms with Crippen LogP contribution in [0.25, 0.3) is 6.08 Å². The van der Waals surface area contributed by atoms with Crippen LogP contribution in [0.3, 0.4) is 0 Å². The Morgan fingerprint density at radius 1 is 1.25 bits per heavy atom. The third-order valence-corrected chi connectivity index (χ3v) is 3.51. The second-order valence-corrected chi connectivity index (χ2v) is 5.34. The summed E-state index contributed by atoms with van der Waals surface area (Å²) in [5.74, 6) is -0.389. The minimum atomic E-state index is -0.389. The number of hydrogen-bond donors (Lipinski definition) is 2. The molecular weight excluding hydrogens is 298 g/mol. The van der Waals surface area contributed by atoms with Crippen LogP contribution in [-0.2, 0) is 11.3 Å². The van der Waals surface area contributed by atoms with Crippen molar-refractivity contribution in [3.05, 3.63) is 82.9 Å². The summed E-state index contributed by atoms with van der Waals surface area (Å²) in [6.45, 7) is 2.32. The Morgan fingerprint density at radius 2 is 2.00 bits per heavy atom. The number of nitrogens with two attached hydrogens (primary N) is 1. The number of nitrogen functional groups attached to an aromatic ring is 1. The normalized spacial score (nSPS) is 11.2. The van der Waals surface area contributed by atoms with Crippen molar-refractivity contribution in [2.45, 2.75) is 13.5 Å². The zero-order valence-electron chi connectivity index (χ0n) is 13.5. The molecule has 0 bridgehead atoms. The highest BCUT2D eigenvalue weighted by molar-refractivity contribution is 5.97. The van der Waals surface area contributed by atoms with E-state index in [1.807, 2.05) is 67.6 Å². The maximum atomic E-state index is 12.0. The Balaban J connectivity index is 2.00. The van der Waals surface area contributed by atoms with Gasteiger partial charge in [-0.2, -0.15) is 5.26 Å². The first-order valence-corrected chi connectivity index (χ1v) is 7.57. The molecule has 2 rings (SSSR count). The van der Waals surface area contributed by atoms with Gasteiger partial charge in [-0.05, 0) is 41.8 Å². The van der Waals surface area contributed by atoms with Crippen LogP contribution in [-0.4, -0.2) is 5.91 Å². The first kappa shape index (κ1) is 17.0. The predicted molar refractivity (Wildman–Crippen MR) is 96.6 cm³/mol. The second kappa shape index (κ2) is 8.35. The van der Waals surface area contributed by atoms with E-state index >= 15 is 0 Å². The summed E-state index contributed by atoms with van der Waals surface area (Å²) in [7, 11) is 0. The molecule has 0 radical (unpaired) electrons. The zero-order valence-corrected chi connectivity index (χ0v) is 13.5. The first-order chi connectivity index (χ1) is 11.6. The van der Waals surface area contributed by atoms with Crippen LogP contribution in [0.1, 0.15) is 16.7 Å². The van der Waals surface area contributed by atoms with Gasteiger partial charge in [0.2, 0.25) is 0 Å². The lowest BCUT2D eigenvalue weighted by Gasteiger charge is -2.03. The number of hydrogen-bond acceptors (Lipinski definition) is 3. The minimum absolute atomic E-state index is 0.0642. The van der Waals surface area contributed by atoms with Gasteiger partial charge in [0, 0.05) is 12.2 Å². The van der Waals surface area contributed by atoms with E-state index in [0.29, 0.717) is 6.54 Å². The molecular formula is C20H19N3O. The van der Waals surface area contributed by atoms with Gasteiger partial charge in [-0.15, -0.1) is 0 Å². The van der Waals surface area contributed by atoms with Crippen molar-refractivity contribution < 1.29 is 4.79 Å². The monoisotopic (exact) mass is 317 g/mol. The van der Waals surface area contributed by atoms with E-state index in [-0.39, 0.29) is 11.5 Å². The summed E-state index contributed by atoms with van der Waals surface area (Å²) in [6, 6.07) is 17.1.